The Hall–Kier alpha value is -3.45. The highest BCUT2D eigenvalue weighted by Gasteiger charge is 2.19. The number of rotatable bonds is 8. The second-order valence-electron chi connectivity index (χ2n) is 9.81. The maximum absolute atomic E-state index is 8.93. The molecule has 0 amide bonds. The van der Waals surface area contributed by atoms with Crippen molar-refractivity contribution in [3.8, 4) is 17.2 Å². The summed E-state index contributed by atoms with van der Waals surface area (Å²) < 4.78 is 0. The van der Waals surface area contributed by atoms with Gasteiger partial charge in [0.25, 0.3) is 0 Å². The molecule has 0 saturated carbocycles. The molecule has 2 aromatic carbocycles. The van der Waals surface area contributed by atoms with Crippen molar-refractivity contribution in [2.75, 3.05) is 19.6 Å². The number of hydrogen-bond donors (Lipinski definition) is 1. The topological polar surface area (TPSA) is 39.1 Å². The van der Waals surface area contributed by atoms with E-state index in [1.54, 1.807) is 0 Å². The predicted octanol–water partition coefficient (Wildman–Crippen LogP) is 7.75. The summed E-state index contributed by atoms with van der Waals surface area (Å²) in [5.74, 6) is 0. The normalized spacial score (nSPS) is 16.3. The SMILES string of the molecule is C=C(C)/C=C\C=C/C.N#Cc1ccc(-c2ccc(CNC3CCN(CC4=CCCC=C4)CC3)cc2)cc1. The van der Waals surface area contributed by atoms with Crippen molar-refractivity contribution in [1.29, 1.82) is 5.26 Å². The number of nitrogens with one attached hydrogen (secondary N) is 1. The third kappa shape index (κ3) is 10.2. The van der Waals surface area contributed by atoms with E-state index in [1.807, 2.05) is 62.4 Å². The first-order chi connectivity index (χ1) is 18.1. The second kappa shape index (κ2) is 15.6. The van der Waals surface area contributed by atoms with Gasteiger partial charge in [0.1, 0.15) is 0 Å². The average molecular weight is 492 g/mol. The van der Waals surface area contributed by atoms with E-state index in [9.17, 15) is 0 Å². The molecule has 37 heavy (non-hydrogen) atoms. The van der Waals surface area contributed by atoms with Crippen LogP contribution in [0.5, 0.6) is 0 Å². The van der Waals surface area contributed by atoms with Crippen LogP contribution in [-0.2, 0) is 6.54 Å². The Morgan fingerprint density at radius 3 is 2.27 bits per heavy atom. The quantitative estimate of drug-likeness (QED) is 0.384. The molecule has 0 atom stereocenters. The number of nitriles is 1. The van der Waals surface area contributed by atoms with Gasteiger partial charge in [-0.15, -0.1) is 0 Å². The fraction of sp³-hybridized carbons (Fsp3) is 0.324. The van der Waals surface area contributed by atoms with Crippen LogP contribution in [0.1, 0.15) is 50.7 Å². The molecule has 3 nitrogen and oxygen atoms in total. The molecule has 1 heterocycles. The number of nitrogens with zero attached hydrogens (tertiary/aromatic N) is 2. The predicted molar refractivity (Wildman–Crippen MR) is 158 cm³/mol. The zero-order valence-electron chi connectivity index (χ0n) is 22.5. The van der Waals surface area contributed by atoms with Gasteiger partial charge in [-0.1, -0.05) is 91.1 Å². The van der Waals surface area contributed by atoms with Gasteiger partial charge in [0.2, 0.25) is 0 Å². The van der Waals surface area contributed by atoms with Crippen molar-refractivity contribution >= 4 is 0 Å². The largest absolute Gasteiger partial charge is 0.310 e. The molecule has 1 aliphatic heterocycles. The first-order valence-corrected chi connectivity index (χ1v) is 13.4. The molecule has 1 saturated heterocycles. The molecule has 1 fully saturated rings. The van der Waals surface area contributed by atoms with Gasteiger partial charge in [0.05, 0.1) is 11.6 Å². The van der Waals surface area contributed by atoms with Crippen LogP contribution in [0.3, 0.4) is 0 Å². The number of likely N-dealkylation sites (tertiary alicyclic amines) is 1. The van der Waals surface area contributed by atoms with Crippen LogP contribution in [0.25, 0.3) is 11.1 Å². The molecule has 1 aliphatic carbocycles. The van der Waals surface area contributed by atoms with Gasteiger partial charge in [0.15, 0.2) is 0 Å². The monoisotopic (exact) mass is 491 g/mol. The summed E-state index contributed by atoms with van der Waals surface area (Å²) in [4.78, 5) is 2.59. The van der Waals surface area contributed by atoms with Gasteiger partial charge in [-0.25, -0.2) is 0 Å². The smallest absolute Gasteiger partial charge is 0.0991 e. The van der Waals surface area contributed by atoms with Crippen LogP contribution >= 0.6 is 0 Å². The zero-order valence-corrected chi connectivity index (χ0v) is 22.5. The summed E-state index contributed by atoms with van der Waals surface area (Å²) in [5, 5.41) is 12.7. The lowest BCUT2D eigenvalue weighted by Crippen LogP contribution is -2.42. The molecule has 0 unspecified atom stereocenters. The molecular weight excluding hydrogens is 450 g/mol. The van der Waals surface area contributed by atoms with Crippen molar-refractivity contribution < 1.29 is 0 Å². The van der Waals surface area contributed by atoms with Crippen LogP contribution in [0.2, 0.25) is 0 Å². The second-order valence-corrected chi connectivity index (χ2v) is 9.81. The standard InChI is InChI=1S/C26H29N3.C8H12/c27-18-21-6-10-24(11-7-21)25-12-8-22(9-13-25)19-28-26-14-16-29(17-15-26)20-23-4-2-1-3-5-23;1-4-5-6-7-8(2)3/h2,4-13,26,28H,1,3,14-17,19-20H2;4-7H,2H2,1,3H3/b;5-4-,7-6-. The molecule has 0 radical (unpaired) electrons. The first kappa shape index (κ1) is 28.1. The Labute approximate surface area is 224 Å². The van der Waals surface area contributed by atoms with Crippen molar-refractivity contribution in [1.82, 2.24) is 10.2 Å². The molecule has 192 valence electrons. The van der Waals surface area contributed by atoms with E-state index in [2.05, 4.69) is 65.4 Å². The van der Waals surface area contributed by atoms with Gasteiger partial charge in [0, 0.05) is 19.1 Å². The average Bonchev–Trinajstić information content (AvgIpc) is 2.94. The van der Waals surface area contributed by atoms with Crippen LogP contribution in [-0.4, -0.2) is 30.6 Å². The van der Waals surface area contributed by atoms with E-state index in [4.69, 9.17) is 5.26 Å². The fourth-order valence-corrected chi connectivity index (χ4v) is 4.48. The van der Waals surface area contributed by atoms with E-state index >= 15 is 0 Å². The Bertz CT molecular complexity index is 1130. The molecule has 0 bridgehead atoms. The van der Waals surface area contributed by atoms with Gasteiger partial charge in [-0.2, -0.15) is 5.26 Å². The van der Waals surface area contributed by atoms with Gasteiger partial charge in [-0.05, 0) is 87.0 Å². The van der Waals surface area contributed by atoms with Gasteiger partial charge in [-0.3, -0.25) is 4.90 Å². The van der Waals surface area contributed by atoms with Crippen molar-refractivity contribution in [2.45, 2.75) is 52.1 Å². The number of benzene rings is 2. The summed E-state index contributed by atoms with van der Waals surface area (Å²) in [6.45, 7) is 12.1. The number of piperidine rings is 1. The maximum atomic E-state index is 8.93. The molecule has 1 N–H and O–H groups in total. The highest BCUT2D eigenvalue weighted by atomic mass is 15.1. The van der Waals surface area contributed by atoms with Gasteiger partial charge >= 0.3 is 0 Å². The van der Waals surface area contributed by atoms with Crippen molar-refractivity contribution in [3.05, 3.63) is 120 Å². The molecule has 0 spiro atoms. The summed E-state index contributed by atoms with van der Waals surface area (Å²) >= 11 is 0. The number of allylic oxidation sites excluding steroid dienone is 7. The maximum Gasteiger partial charge on any atom is 0.0991 e. The lowest BCUT2D eigenvalue weighted by Gasteiger charge is -2.33. The summed E-state index contributed by atoms with van der Waals surface area (Å²) in [6.07, 6.45) is 19.8. The lowest BCUT2D eigenvalue weighted by atomic mass is 10.0. The lowest BCUT2D eigenvalue weighted by molar-refractivity contribution is 0.212. The van der Waals surface area contributed by atoms with Gasteiger partial charge < -0.3 is 5.32 Å². The third-order valence-electron chi connectivity index (χ3n) is 6.65. The van der Waals surface area contributed by atoms with E-state index in [1.165, 1.54) is 55.5 Å². The minimum atomic E-state index is 0.611. The molecule has 4 rings (SSSR count). The highest BCUT2D eigenvalue weighted by molar-refractivity contribution is 5.64. The molecule has 3 heteroatoms. The van der Waals surface area contributed by atoms with E-state index in [0.29, 0.717) is 11.6 Å². The molecular formula is C34H41N3. The Morgan fingerprint density at radius 1 is 1.03 bits per heavy atom. The Balaban J connectivity index is 0.000000414. The third-order valence-corrected chi connectivity index (χ3v) is 6.65. The summed E-state index contributed by atoms with van der Waals surface area (Å²) in [6, 6.07) is 19.3. The van der Waals surface area contributed by atoms with Crippen LogP contribution < -0.4 is 5.32 Å². The zero-order chi connectivity index (χ0) is 26.3. The fourth-order valence-electron chi connectivity index (χ4n) is 4.48. The highest BCUT2D eigenvalue weighted by Crippen LogP contribution is 2.21. The summed E-state index contributed by atoms with van der Waals surface area (Å²) in [5.41, 5.74) is 6.94. The summed E-state index contributed by atoms with van der Waals surface area (Å²) in [7, 11) is 0. The first-order valence-electron chi connectivity index (χ1n) is 13.4. The van der Waals surface area contributed by atoms with Crippen LogP contribution in [0, 0.1) is 11.3 Å². The molecule has 2 aliphatic rings. The van der Waals surface area contributed by atoms with E-state index in [0.717, 1.165) is 24.2 Å². The Morgan fingerprint density at radius 2 is 1.70 bits per heavy atom. The molecule has 0 aromatic heterocycles. The van der Waals surface area contributed by atoms with Crippen molar-refractivity contribution in [2.24, 2.45) is 0 Å². The molecule has 2 aromatic rings. The van der Waals surface area contributed by atoms with E-state index in [-0.39, 0.29) is 0 Å². The number of hydrogen-bond acceptors (Lipinski definition) is 3. The van der Waals surface area contributed by atoms with Crippen molar-refractivity contribution in [3.63, 3.8) is 0 Å². The van der Waals surface area contributed by atoms with Crippen LogP contribution in [0.4, 0.5) is 0 Å². The minimum absolute atomic E-state index is 0.611. The van der Waals surface area contributed by atoms with Crippen LogP contribution in [0.15, 0.2) is 109 Å². The van der Waals surface area contributed by atoms with E-state index < -0.39 is 0 Å². The minimum Gasteiger partial charge on any atom is -0.310 e. The Kier molecular flexibility index (Phi) is 11.9.